The van der Waals surface area contributed by atoms with Crippen LogP contribution in [0.1, 0.15) is 57.3 Å². The molecule has 1 fully saturated rings. The maximum atomic E-state index is 12.8. The Morgan fingerprint density at radius 3 is 2.38 bits per heavy atom. The first-order valence-electron chi connectivity index (χ1n) is 15.2. The van der Waals surface area contributed by atoms with Crippen molar-refractivity contribution in [1.29, 1.82) is 0 Å². The Hall–Kier alpha value is -4.54. The van der Waals surface area contributed by atoms with Crippen molar-refractivity contribution in [3.8, 4) is 0 Å². The largest absolute Gasteiger partial charge is 0.392 e. The van der Waals surface area contributed by atoms with Gasteiger partial charge in [0.05, 0.1) is 36.0 Å². The monoisotopic (exact) mass is 603 g/mol. The summed E-state index contributed by atoms with van der Waals surface area (Å²) in [6.07, 6.45) is 4.14. The number of hydrogen-bond acceptors (Lipinski definition) is 8. The van der Waals surface area contributed by atoms with Crippen molar-refractivity contribution < 1.29 is 19.4 Å². The molecule has 3 heterocycles. The zero-order valence-corrected chi connectivity index (χ0v) is 25.3. The molecular weight excluding hydrogens is 566 g/mol. The van der Waals surface area contributed by atoms with Crippen LogP contribution in [0.15, 0.2) is 103 Å². The fourth-order valence-corrected chi connectivity index (χ4v) is 5.46. The summed E-state index contributed by atoms with van der Waals surface area (Å²) in [5, 5.41) is 12.4. The lowest BCUT2D eigenvalue weighted by atomic mass is 9.99. The van der Waals surface area contributed by atoms with Gasteiger partial charge in [0, 0.05) is 49.9 Å². The van der Waals surface area contributed by atoms with Crippen LogP contribution in [0, 0.1) is 0 Å². The lowest BCUT2D eigenvalue weighted by Gasteiger charge is -2.38. The molecule has 1 aliphatic rings. The number of pyridine rings is 1. The molecule has 2 N–H and O–H groups in total. The lowest BCUT2D eigenvalue weighted by molar-refractivity contribution is -0.252. The number of hydrogen-bond donors (Lipinski definition) is 2. The zero-order valence-electron chi connectivity index (χ0n) is 25.3. The summed E-state index contributed by atoms with van der Waals surface area (Å²) in [5.41, 5.74) is 6.55. The quantitative estimate of drug-likeness (QED) is 0.213. The van der Waals surface area contributed by atoms with Gasteiger partial charge >= 0.3 is 0 Å². The fraction of sp³-hybridized carbons (Fsp3) is 0.278. The van der Waals surface area contributed by atoms with Crippen molar-refractivity contribution in [2.45, 2.75) is 44.5 Å². The Kier molecular flexibility index (Phi) is 9.82. The standard InChI is InChI=1S/C36H37N5O4/c1-41(19-17-29-6-4-5-18-37-29)23-30-20-34(27-13-11-26(24-42)12-14-27)45-36(44-30)28-15-9-25(10-16-28)21-39-35(43)33-22-38-31-7-2-3-8-32(31)40-33/h2-16,18,22,30,34,36,42H,17,19-21,23-24H2,1H3,(H,39,43)/t30-,34+,36+/m0/s1. The van der Waals surface area contributed by atoms with E-state index in [1.54, 1.807) is 0 Å². The summed E-state index contributed by atoms with van der Waals surface area (Å²) in [6.45, 7) is 1.97. The number of carbonyl (C=O) groups is 1. The van der Waals surface area contributed by atoms with Crippen molar-refractivity contribution in [2.24, 2.45) is 0 Å². The van der Waals surface area contributed by atoms with E-state index in [2.05, 4.69) is 32.2 Å². The number of ether oxygens (including phenoxy) is 2. The topological polar surface area (TPSA) is 110 Å². The van der Waals surface area contributed by atoms with E-state index >= 15 is 0 Å². The van der Waals surface area contributed by atoms with Gasteiger partial charge < -0.3 is 24.8 Å². The molecule has 6 rings (SSSR count). The van der Waals surface area contributed by atoms with Crippen LogP contribution in [0.3, 0.4) is 0 Å². The normalized spacial score (nSPS) is 18.2. The average Bonchev–Trinajstić information content (AvgIpc) is 3.10. The number of rotatable bonds is 11. The second-order valence-corrected chi connectivity index (χ2v) is 11.4. The minimum atomic E-state index is -0.549. The third kappa shape index (κ3) is 7.95. The first kappa shape index (κ1) is 30.5. The van der Waals surface area contributed by atoms with Crippen LogP contribution in [-0.2, 0) is 29.0 Å². The van der Waals surface area contributed by atoms with E-state index in [9.17, 15) is 9.90 Å². The van der Waals surface area contributed by atoms with E-state index in [4.69, 9.17) is 9.47 Å². The number of benzene rings is 3. The van der Waals surface area contributed by atoms with Crippen LogP contribution in [0.4, 0.5) is 0 Å². The van der Waals surface area contributed by atoms with Gasteiger partial charge in [0.1, 0.15) is 5.69 Å². The zero-order chi connectivity index (χ0) is 31.0. The van der Waals surface area contributed by atoms with Gasteiger partial charge in [-0.1, -0.05) is 66.7 Å². The molecule has 3 aromatic carbocycles. The van der Waals surface area contributed by atoms with Crippen molar-refractivity contribution in [3.05, 3.63) is 137 Å². The summed E-state index contributed by atoms with van der Waals surface area (Å²) in [5.74, 6) is -0.277. The molecule has 0 aliphatic carbocycles. The van der Waals surface area contributed by atoms with Gasteiger partial charge in [0.2, 0.25) is 0 Å². The first-order chi connectivity index (χ1) is 22.0. The SMILES string of the molecule is CN(CCc1ccccn1)C[C@@H]1C[C@H](c2ccc(CO)cc2)O[C@H](c2ccc(CNC(=O)c3cnc4ccccc4n3)cc2)O1. The first-order valence-corrected chi connectivity index (χ1v) is 15.2. The van der Waals surface area contributed by atoms with Crippen LogP contribution in [0.25, 0.3) is 11.0 Å². The van der Waals surface area contributed by atoms with Crippen LogP contribution >= 0.6 is 0 Å². The molecule has 9 nitrogen and oxygen atoms in total. The number of amides is 1. The van der Waals surface area contributed by atoms with Gasteiger partial charge in [-0.15, -0.1) is 0 Å². The van der Waals surface area contributed by atoms with E-state index in [1.165, 1.54) is 6.20 Å². The molecule has 0 bridgehead atoms. The van der Waals surface area contributed by atoms with Crippen LogP contribution in [0.2, 0.25) is 0 Å². The van der Waals surface area contributed by atoms with Crippen LogP contribution in [0.5, 0.6) is 0 Å². The number of para-hydroxylation sites is 2. The highest BCUT2D eigenvalue weighted by molar-refractivity contribution is 5.93. The molecule has 1 amide bonds. The molecule has 3 atom stereocenters. The minimum Gasteiger partial charge on any atom is -0.392 e. The molecule has 230 valence electrons. The van der Waals surface area contributed by atoms with Crippen molar-refractivity contribution in [3.63, 3.8) is 0 Å². The Morgan fingerprint density at radius 1 is 0.889 bits per heavy atom. The van der Waals surface area contributed by atoms with E-state index in [-0.39, 0.29) is 30.4 Å². The highest BCUT2D eigenvalue weighted by Crippen LogP contribution is 2.38. The third-order valence-electron chi connectivity index (χ3n) is 7.99. The van der Waals surface area contributed by atoms with Gasteiger partial charge in [-0.2, -0.15) is 0 Å². The molecule has 9 heteroatoms. The number of nitrogens with zero attached hydrogens (tertiary/aromatic N) is 4. The highest BCUT2D eigenvalue weighted by Gasteiger charge is 2.32. The lowest BCUT2D eigenvalue weighted by Crippen LogP contribution is -2.38. The molecule has 0 spiro atoms. The second kappa shape index (κ2) is 14.5. The summed E-state index contributed by atoms with van der Waals surface area (Å²) in [7, 11) is 2.11. The summed E-state index contributed by atoms with van der Waals surface area (Å²) >= 11 is 0. The van der Waals surface area contributed by atoms with Gasteiger partial charge in [-0.3, -0.25) is 14.8 Å². The van der Waals surface area contributed by atoms with Crippen molar-refractivity contribution >= 4 is 16.9 Å². The van der Waals surface area contributed by atoms with E-state index in [0.717, 1.165) is 53.0 Å². The maximum Gasteiger partial charge on any atom is 0.271 e. The molecule has 0 radical (unpaired) electrons. The van der Waals surface area contributed by atoms with Gasteiger partial charge in [0.25, 0.3) is 5.91 Å². The Morgan fingerprint density at radius 2 is 1.62 bits per heavy atom. The van der Waals surface area contributed by atoms with Gasteiger partial charge in [-0.25, -0.2) is 4.98 Å². The third-order valence-corrected chi connectivity index (χ3v) is 7.99. The van der Waals surface area contributed by atoms with E-state index in [0.29, 0.717) is 18.5 Å². The molecule has 0 unspecified atom stereocenters. The Balaban J connectivity index is 1.11. The van der Waals surface area contributed by atoms with Crippen LogP contribution in [-0.4, -0.2) is 57.1 Å². The number of likely N-dealkylation sites (N-methyl/N-ethyl adjacent to an activating group) is 1. The van der Waals surface area contributed by atoms with E-state index < -0.39 is 6.29 Å². The number of fused-ring (bicyclic) bond motifs is 1. The Bertz CT molecular complexity index is 1700. The van der Waals surface area contributed by atoms with Gasteiger partial charge in [-0.05, 0) is 48.0 Å². The molecule has 0 saturated carbocycles. The van der Waals surface area contributed by atoms with Crippen molar-refractivity contribution in [1.82, 2.24) is 25.2 Å². The smallest absolute Gasteiger partial charge is 0.271 e. The van der Waals surface area contributed by atoms with Gasteiger partial charge in [0.15, 0.2) is 6.29 Å². The number of nitrogens with one attached hydrogen (secondary N) is 1. The molecular formula is C36H37N5O4. The molecule has 1 aliphatic heterocycles. The number of aliphatic hydroxyl groups is 1. The van der Waals surface area contributed by atoms with Crippen molar-refractivity contribution in [2.75, 3.05) is 20.1 Å². The second-order valence-electron chi connectivity index (χ2n) is 11.4. The number of aromatic nitrogens is 3. The average molecular weight is 604 g/mol. The predicted octanol–water partition coefficient (Wildman–Crippen LogP) is 5.17. The predicted molar refractivity (Wildman–Crippen MR) is 171 cm³/mol. The fourth-order valence-electron chi connectivity index (χ4n) is 5.46. The number of carbonyl (C=O) groups excluding carboxylic acids is 1. The minimum absolute atomic E-state index is 0.00366. The summed E-state index contributed by atoms with van der Waals surface area (Å²) in [6, 6.07) is 29.3. The van der Waals surface area contributed by atoms with Crippen LogP contribution < -0.4 is 5.32 Å². The molecule has 1 saturated heterocycles. The number of aliphatic hydroxyl groups excluding tert-OH is 1. The molecule has 45 heavy (non-hydrogen) atoms. The summed E-state index contributed by atoms with van der Waals surface area (Å²) in [4.78, 5) is 28.3. The maximum absolute atomic E-state index is 12.8. The van der Waals surface area contributed by atoms with E-state index in [1.807, 2.05) is 97.2 Å². The highest BCUT2D eigenvalue weighted by atomic mass is 16.7. The summed E-state index contributed by atoms with van der Waals surface area (Å²) < 4.78 is 13.0. The molecule has 2 aromatic heterocycles. The molecule has 5 aromatic rings. The Labute approximate surface area is 262 Å².